The molecule has 1 rings (SSSR count). The predicted octanol–water partition coefficient (Wildman–Crippen LogP) is 1.88. The molecule has 1 amide bonds. The van der Waals surface area contributed by atoms with Crippen molar-refractivity contribution < 1.29 is 9.53 Å². The average molecular weight is 266 g/mol. The molecule has 0 aliphatic rings. The Balaban J connectivity index is 2.76. The van der Waals surface area contributed by atoms with Gasteiger partial charge in [0.1, 0.15) is 5.75 Å². The highest BCUT2D eigenvalue weighted by molar-refractivity contribution is 7.80. The number of ether oxygens (including phenoxy) is 1. The van der Waals surface area contributed by atoms with Crippen LogP contribution < -0.4 is 15.8 Å². The normalized spacial score (nSPS) is 11.7. The van der Waals surface area contributed by atoms with Gasteiger partial charge >= 0.3 is 0 Å². The van der Waals surface area contributed by atoms with Crippen molar-refractivity contribution in [2.45, 2.75) is 25.8 Å². The first-order valence-electron chi connectivity index (χ1n) is 5.82. The summed E-state index contributed by atoms with van der Waals surface area (Å²) in [5.41, 5.74) is 6.13. The van der Waals surface area contributed by atoms with Crippen molar-refractivity contribution in [3.05, 3.63) is 29.8 Å². The van der Waals surface area contributed by atoms with Crippen LogP contribution in [0.3, 0.4) is 0 Å². The summed E-state index contributed by atoms with van der Waals surface area (Å²) in [5.74, 6) is 0.449. The molecule has 0 saturated carbocycles. The van der Waals surface area contributed by atoms with E-state index < -0.39 is 0 Å². The van der Waals surface area contributed by atoms with Crippen molar-refractivity contribution in [3.8, 4) is 5.75 Å². The van der Waals surface area contributed by atoms with Crippen LogP contribution in [-0.4, -0.2) is 24.0 Å². The van der Waals surface area contributed by atoms with E-state index in [1.165, 1.54) is 0 Å². The molecule has 0 aliphatic carbocycles. The van der Waals surface area contributed by atoms with Crippen LogP contribution >= 0.6 is 12.2 Å². The van der Waals surface area contributed by atoms with Crippen molar-refractivity contribution >= 4 is 23.1 Å². The van der Waals surface area contributed by atoms with Gasteiger partial charge in [0.05, 0.1) is 18.1 Å². The number of thiocarbonyl (C=S) groups is 1. The van der Waals surface area contributed by atoms with E-state index in [9.17, 15) is 4.79 Å². The van der Waals surface area contributed by atoms with E-state index in [4.69, 9.17) is 22.7 Å². The molecule has 1 aromatic carbocycles. The molecule has 1 unspecified atom stereocenters. The fourth-order valence-corrected chi connectivity index (χ4v) is 1.76. The average Bonchev–Trinajstić information content (AvgIpc) is 2.38. The number of hydrogen-bond donors (Lipinski definition) is 2. The number of carbonyl (C=O) groups is 1. The Labute approximate surface area is 113 Å². The molecule has 0 fully saturated rings. The zero-order valence-electron chi connectivity index (χ0n) is 10.6. The van der Waals surface area contributed by atoms with Gasteiger partial charge < -0.3 is 15.8 Å². The molecule has 0 radical (unpaired) electrons. The topological polar surface area (TPSA) is 64.3 Å². The number of nitrogens with one attached hydrogen (secondary N) is 1. The van der Waals surface area contributed by atoms with Crippen molar-refractivity contribution in [1.29, 1.82) is 0 Å². The Bertz CT molecular complexity index is 435. The van der Waals surface area contributed by atoms with Gasteiger partial charge in [-0.15, -0.1) is 0 Å². The minimum absolute atomic E-state index is 0.194. The molecule has 0 aliphatic heterocycles. The van der Waals surface area contributed by atoms with Crippen LogP contribution in [0.5, 0.6) is 5.75 Å². The maximum atomic E-state index is 12.0. The summed E-state index contributed by atoms with van der Waals surface area (Å²) in [5, 5.41) is 2.82. The summed E-state index contributed by atoms with van der Waals surface area (Å²) in [6.07, 6.45) is 1.64. The maximum Gasteiger partial charge on any atom is 0.251 e. The lowest BCUT2D eigenvalue weighted by molar-refractivity contribution is 0.0945. The summed E-state index contributed by atoms with van der Waals surface area (Å²) >= 11 is 4.94. The number of rotatable bonds is 6. The summed E-state index contributed by atoms with van der Waals surface area (Å²) in [7, 11) is 1.56. The highest BCUT2D eigenvalue weighted by Crippen LogP contribution is 2.12. The zero-order valence-corrected chi connectivity index (χ0v) is 11.4. The molecule has 0 aromatic heterocycles. The van der Waals surface area contributed by atoms with Gasteiger partial charge in [0, 0.05) is 5.56 Å². The maximum absolute atomic E-state index is 12.0. The number of nitrogens with two attached hydrogens (primary N) is 1. The largest absolute Gasteiger partial charge is 0.497 e. The fraction of sp³-hybridized carbons (Fsp3) is 0.385. The SMILES string of the molecule is CCCC(NC(=O)c1cccc(OC)c1)C(N)=S. The number of amides is 1. The van der Waals surface area contributed by atoms with Gasteiger partial charge in [-0.05, 0) is 24.6 Å². The third kappa shape index (κ3) is 4.00. The summed E-state index contributed by atoms with van der Waals surface area (Å²) < 4.78 is 5.07. The van der Waals surface area contributed by atoms with Crippen molar-refractivity contribution in [2.24, 2.45) is 5.73 Å². The Morgan fingerprint density at radius 2 is 2.28 bits per heavy atom. The molecule has 4 nitrogen and oxygen atoms in total. The molecule has 0 saturated heterocycles. The first kappa shape index (κ1) is 14.4. The Kier molecular flexibility index (Phi) is 5.58. The van der Waals surface area contributed by atoms with Crippen LogP contribution in [0.1, 0.15) is 30.1 Å². The molecule has 3 N–H and O–H groups in total. The summed E-state index contributed by atoms with van der Waals surface area (Å²) in [6, 6.07) is 6.69. The van der Waals surface area contributed by atoms with Gasteiger partial charge in [-0.1, -0.05) is 31.6 Å². The van der Waals surface area contributed by atoms with Gasteiger partial charge in [-0.2, -0.15) is 0 Å². The lowest BCUT2D eigenvalue weighted by Gasteiger charge is -2.16. The summed E-state index contributed by atoms with van der Waals surface area (Å²) in [4.78, 5) is 12.3. The first-order chi connectivity index (χ1) is 8.58. The second-order valence-corrected chi connectivity index (χ2v) is 4.42. The Hall–Kier alpha value is -1.62. The number of hydrogen-bond acceptors (Lipinski definition) is 3. The van der Waals surface area contributed by atoms with Crippen LogP contribution in [-0.2, 0) is 0 Å². The van der Waals surface area contributed by atoms with Gasteiger partial charge in [0.2, 0.25) is 0 Å². The van der Waals surface area contributed by atoms with E-state index in [1.807, 2.05) is 6.92 Å². The van der Waals surface area contributed by atoms with E-state index in [2.05, 4.69) is 5.32 Å². The van der Waals surface area contributed by atoms with E-state index in [1.54, 1.807) is 31.4 Å². The van der Waals surface area contributed by atoms with Crippen LogP contribution in [0.4, 0.5) is 0 Å². The van der Waals surface area contributed by atoms with E-state index in [0.29, 0.717) is 16.3 Å². The van der Waals surface area contributed by atoms with Gasteiger partial charge in [-0.3, -0.25) is 4.79 Å². The molecule has 0 bridgehead atoms. The van der Waals surface area contributed by atoms with Gasteiger partial charge in [-0.25, -0.2) is 0 Å². The van der Waals surface area contributed by atoms with E-state index in [-0.39, 0.29) is 11.9 Å². The quantitative estimate of drug-likeness (QED) is 0.772. The molecule has 18 heavy (non-hydrogen) atoms. The highest BCUT2D eigenvalue weighted by atomic mass is 32.1. The molecule has 0 heterocycles. The Morgan fingerprint density at radius 1 is 1.56 bits per heavy atom. The molecule has 1 aromatic rings. The van der Waals surface area contributed by atoms with Crippen LogP contribution in [0, 0.1) is 0 Å². The zero-order chi connectivity index (χ0) is 13.5. The number of methoxy groups -OCH3 is 1. The summed E-state index contributed by atoms with van der Waals surface area (Å²) in [6.45, 7) is 2.02. The first-order valence-corrected chi connectivity index (χ1v) is 6.23. The monoisotopic (exact) mass is 266 g/mol. The lowest BCUT2D eigenvalue weighted by atomic mass is 10.1. The number of benzene rings is 1. The van der Waals surface area contributed by atoms with Crippen molar-refractivity contribution in [2.75, 3.05) is 7.11 Å². The van der Waals surface area contributed by atoms with Gasteiger partial charge in [0.15, 0.2) is 0 Å². The fourth-order valence-electron chi connectivity index (χ4n) is 1.58. The molecule has 5 heteroatoms. The minimum Gasteiger partial charge on any atom is -0.497 e. The molecule has 1 atom stereocenters. The van der Waals surface area contributed by atoms with Crippen molar-refractivity contribution in [1.82, 2.24) is 5.32 Å². The van der Waals surface area contributed by atoms with Crippen molar-refractivity contribution in [3.63, 3.8) is 0 Å². The molecule has 98 valence electrons. The van der Waals surface area contributed by atoms with Crippen LogP contribution in [0.2, 0.25) is 0 Å². The molecular formula is C13H18N2O2S. The predicted molar refractivity (Wildman–Crippen MR) is 75.9 cm³/mol. The third-order valence-corrected chi connectivity index (χ3v) is 2.84. The highest BCUT2D eigenvalue weighted by Gasteiger charge is 2.15. The van der Waals surface area contributed by atoms with Crippen LogP contribution in [0.15, 0.2) is 24.3 Å². The van der Waals surface area contributed by atoms with E-state index >= 15 is 0 Å². The Morgan fingerprint density at radius 3 is 2.83 bits per heavy atom. The molecular weight excluding hydrogens is 248 g/mol. The smallest absolute Gasteiger partial charge is 0.251 e. The van der Waals surface area contributed by atoms with Crippen LogP contribution in [0.25, 0.3) is 0 Å². The second-order valence-electron chi connectivity index (χ2n) is 3.95. The number of carbonyl (C=O) groups excluding carboxylic acids is 1. The van der Waals surface area contributed by atoms with E-state index in [0.717, 1.165) is 12.8 Å². The standard InChI is InChI=1S/C13H18N2O2S/c1-3-5-11(12(14)18)15-13(16)9-6-4-7-10(8-9)17-2/h4,6-8,11H,3,5H2,1-2H3,(H2,14,18)(H,15,16). The molecule has 0 spiro atoms. The van der Waals surface area contributed by atoms with Gasteiger partial charge in [0.25, 0.3) is 5.91 Å². The second kappa shape index (κ2) is 6.96. The third-order valence-electron chi connectivity index (χ3n) is 2.56. The minimum atomic E-state index is -0.260. The lowest BCUT2D eigenvalue weighted by Crippen LogP contribution is -2.43.